The summed E-state index contributed by atoms with van der Waals surface area (Å²) in [4.78, 5) is 14.1. The highest BCUT2D eigenvalue weighted by atomic mass is 35.5. The molecule has 3 aromatic carbocycles. The van der Waals surface area contributed by atoms with Crippen LogP contribution >= 0.6 is 23.2 Å². The summed E-state index contributed by atoms with van der Waals surface area (Å²) in [5, 5.41) is 12.7. The summed E-state index contributed by atoms with van der Waals surface area (Å²) in [6.45, 7) is 3.67. The third-order valence-corrected chi connectivity index (χ3v) is 5.01. The van der Waals surface area contributed by atoms with Gasteiger partial charge in [0.05, 0.1) is 10.7 Å². The summed E-state index contributed by atoms with van der Waals surface area (Å²) in [7, 11) is 0. The lowest BCUT2D eigenvalue weighted by atomic mass is 10.2. The van der Waals surface area contributed by atoms with E-state index in [0.29, 0.717) is 27.0 Å². The van der Waals surface area contributed by atoms with Crippen molar-refractivity contribution in [1.29, 1.82) is 0 Å². The molecular weight excluding hydrogens is 423 g/mol. The van der Waals surface area contributed by atoms with E-state index < -0.39 is 6.10 Å². The minimum atomic E-state index is -0.761. The third kappa shape index (κ3) is 4.40. The number of benzene rings is 3. The summed E-state index contributed by atoms with van der Waals surface area (Å²) in [6, 6.07) is 18.1. The Kier molecular flexibility index (Phi) is 5.61. The minimum absolute atomic E-state index is 0.314. The van der Waals surface area contributed by atoms with Crippen molar-refractivity contribution in [2.45, 2.75) is 20.0 Å². The van der Waals surface area contributed by atoms with Gasteiger partial charge in [0.25, 0.3) is 5.91 Å². The number of carbonyl (C=O) groups excluding carboxylic acids is 1. The van der Waals surface area contributed by atoms with Gasteiger partial charge in [0.15, 0.2) is 6.10 Å². The second kappa shape index (κ2) is 8.34. The maximum Gasteiger partial charge on any atom is 0.265 e. The zero-order chi connectivity index (χ0) is 21.3. The average Bonchev–Trinajstić information content (AvgIpc) is 3.14. The Labute approximate surface area is 183 Å². The van der Waals surface area contributed by atoms with Crippen LogP contribution in [0.1, 0.15) is 12.5 Å². The molecule has 6 nitrogen and oxygen atoms in total. The van der Waals surface area contributed by atoms with Crippen LogP contribution in [-0.2, 0) is 4.79 Å². The van der Waals surface area contributed by atoms with E-state index in [1.807, 2.05) is 37.3 Å². The SMILES string of the molecule is Cc1ccc(-n2nc3ccc(NC(=O)C(C)Oc4ccc(Cl)cc4Cl)cc3n2)cc1. The molecule has 1 atom stereocenters. The van der Waals surface area contributed by atoms with Gasteiger partial charge in [0.1, 0.15) is 16.8 Å². The maximum absolute atomic E-state index is 12.5. The highest BCUT2D eigenvalue weighted by Crippen LogP contribution is 2.28. The van der Waals surface area contributed by atoms with E-state index in [4.69, 9.17) is 27.9 Å². The lowest BCUT2D eigenvalue weighted by Gasteiger charge is -2.15. The van der Waals surface area contributed by atoms with Crippen LogP contribution < -0.4 is 10.1 Å². The first-order valence-corrected chi connectivity index (χ1v) is 10.0. The monoisotopic (exact) mass is 440 g/mol. The molecule has 1 amide bonds. The average molecular weight is 441 g/mol. The van der Waals surface area contributed by atoms with Gasteiger partial charge in [-0.05, 0) is 62.4 Å². The molecule has 152 valence electrons. The summed E-state index contributed by atoms with van der Waals surface area (Å²) in [5.41, 5.74) is 4.02. The normalized spacial score (nSPS) is 12.0. The van der Waals surface area contributed by atoms with Gasteiger partial charge in [-0.25, -0.2) is 0 Å². The molecule has 0 fully saturated rings. The molecule has 1 aromatic heterocycles. The number of amides is 1. The lowest BCUT2D eigenvalue weighted by Crippen LogP contribution is -2.30. The molecule has 0 aliphatic rings. The number of halogens is 2. The van der Waals surface area contributed by atoms with Crippen LogP contribution in [0.3, 0.4) is 0 Å². The number of nitrogens with zero attached hydrogens (tertiary/aromatic N) is 3. The number of rotatable bonds is 5. The van der Waals surface area contributed by atoms with E-state index in [1.165, 1.54) is 0 Å². The van der Waals surface area contributed by atoms with Crippen LogP contribution in [0.25, 0.3) is 16.7 Å². The number of hydrogen-bond donors (Lipinski definition) is 1. The van der Waals surface area contributed by atoms with Crippen LogP contribution in [0.5, 0.6) is 5.75 Å². The van der Waals surface area contributed by atoms with Crippen LogP contribution in [0.15, 0.2) is 60.7 Å². The first-order chi connectivity index (χ1) is 14.4. The third-order valence-electron chi connectivity index (χ3n) is 4.48. The molecule has 1 heterocycles. The molecule has 4 aromatic rings. The zero-order valence-electron chi connectivity index (χ0n) is 16.3. The number of anilines is 1. The Bertz CT molecular complexity index is 1220. The molecule has 0 saturated carbocycles. The van der Waals surface area contributed by atoms with Crippen molar-refractivity contribution in [3.05, 3.63) is 76.3 Å². The van der Waals surface area contributed by atoms with Crippen molar-refractivity contribution < 1.29 is 9.53 Å². The standard InChI is InChI=1S/C22H18Cl2N4O2/c1-13-3-7-17(8-4-13)28-26-19-9-6-16(12-20(19)27-28)25-22(29)14(2)30-21-10-5-15(23)11-18(21)24/h3-12,14H,1-2H3,(H,25,29). The summed E-state index contributed by atoms with van der Waals surface area (Å²) in [6.07, 6.45) is -0.761. The van der Waals surface area contributed by atoms with Gasteiger partial charge in [-0.1, -0.05) is 40.9 Å². The van der Waals surface area contributed by atoms with Gasteiger partial charge < -0.3 is 10.1 Å². The number of hydrogen-bond acceptors (Lipinski definition) is 4. The summed E-state index contributed by atoms with van der Waals surface area (Å²) in [5.74, 6) is 0.0755. The van der Waals surface area contributed by atoms with Crippen molar-refractivity contribution in [2.24, 2.45) is 0 Å². The smallest absolute Gasteiger partial charge is 0.265 e. The predicted octanol–water partition coefficient (Wildman–Crippen LogP) is 5.44. The minimum Gasteiger partial charge on any atom is -0.479 e. The van der Waals surface area contributed by atoms with Crippen LogP contribution in [0.2, 0.25) is 10.0 Å². The summed E-state index contributed by atoms with van der Waals surface area (Å²) < 4.78 is 5.66. The van der Waals surface area contributed by atoms with Gasteiger partial charge in [-0.3, -0.25) is 4.79 Å². The molecule has 0 radical (unpaired) electrons. The Morgan fingerprint density at radius 2 is 1.73 bits per heavy atom. The molecular formula is C22H18Cl2N4O2. The van der Waals surface area contributed by atoms with E-state index in [0.717, 1.165) is 16.8 Å². The Balaban J connectivity index is 1.49. The van der Waals surface area contributed by atoms with Gasteiger partial charge in [-0.15, -0.1) is 10.2 Å². The Hall–Kier alpha value is -3.09. The fraction of sp³-hybridized carbons (Fsp3) is 0.136. The van der Waals surface area contributed by atoms with Gasteiger partial charge in [0.2, 0.25) is 0 Å². The number of fused-ring (bicyclic) bond motifs is 1. The van der Waals surface area contributed by atoms with E-state index in [1.54, 1.807) is 42.1 Å². The molecule has 4 rings (SSSR count). The fourth-order valence-electron chi connectivity index (χ4n) is 2.84. The quantitative estimate of drug-likeness (QED) is 0.448. The van der Waals surface area contributed by atoms with Gasteiger partial charge in [-0.2, -0.15) is 4.80 Å². The molecule has 1 unspecified atom stereocenters. The van der Waals surface area contributed by atoms with Crippen molar-refractivity contribution in [2.75, 3.05) is 5.32 Å². The lowest BCUT2D eigenvalue weighted by molar-refractivity contribution is -0.122. The van der Waals surface area contributed by atoms with Crippen molar-refractivity contribution in [3.8, 4) is 11.4 Å². The molecule has 0 spiro atoms. The van der Waals surface area contributed by atoms with E-state index in [-0.39, 0.29) is 5.91 Å². The fourth-order valence-corrected chi connectivity index (χ4v) is 3.30. The van der Waals surface area contributed by atoms with E-state index >= 15 is 0 Å². The highest BCUT2D eigenvalue weighted by molar-refractivity contribution is 6.35. The largest absolute Gasteiger partial charge is 0.479 e. The number of carbonyl (C=O) groups is 1. The van der Waals surface area contributed by atoms with Crippen molar-refractivity contribution >= 4 is 45.8 Å². The van der Waals surface area contributed by atoms with Crippen molar-refractivity contribution in [3.63, 3.8) is 0 Å². The van der Waals surface area contributed by atoms with Crippen LogP contribution in [0.4, 0.5) is 5.69 Å². The van der Waals surface area contributed by atoms with Gasteiger partial charge in [0, 0.05) is 10.7 Å². The topological polar surface area (TPSA) is 69.0 Å². The summed E-state index contributed by atoms with van der Waals surface area (Å²) >= 11 is 12.0. The van der Waals surface area contributed by atoms with Crippen LogP contribution in [-0.4, -0.2) is 27.0 Å². The first kappa shape index (κ1) is 20.2. The second-order valence-corrected chi connectivity index (χ2v) is 7.70. The molecule has 1 N–H and O–H groups in total. The van der Waals surface area contributed by atoms with Crippen LogP contribution in [0, 0.1) is 6.92 Å². The molecule has 0 aliphatic heterocycles. The molecule has 0 saturated heterocycles. The molecule has 0 bridgehead atoms. The van der Waals surface area contributed by atoms with Gasteiger partial charge >= 0.3 is 0 Å². The molecule has 8 heteroatoms. The molecule has 30 heavy (non-hydrogen) atoms. The first-order valence-electron chi connectivity index (χ1n) is 9.26. The Morgan fingerprint density at radius 3 is 2.47 bits per heavy atom. The number of aryl methyl sites for hydroxylation is 1. The maximum atomic E-state index is 12.5. The van der Waals surface area contributed by atoms with E-state index in [2.05, 4.69) is 15.5 Å². The number of aromatic nitrogens is 3. The zero-order valence-corrected chi connectivity index (χ0v) is 17.8. The van der Waals surface area contributed by atoms with Crippen molar-refractivity contribution in [1.82, 2.24) is 15.0 Å². The second-order valence-electron chi connectivity index (χ2n) is 6.85. The highest BCUT2D eigenvalue weighted by Gasteiger charge is 2.17. The Morgan fingerprint density at radius 1 is 1.00 bits per heavy atom. The predicted molar refractivity (Wildman–Crippen MR) is 119 cm³/mol. The number of ether oxygens (including phenoxy) is 1. The van der Waals surface area contributed by atoms with E-state index in [9.17, 15) is 4.79 Å². The number of nitrogens with one attached hydrogen (secondary N) is 1. The molecule has 0 aliphatic carbocycles.